The first kappa shape index (κ1) is 11.4. The van der Waals surface area contributed by atoms with Gasteiger partial charge in [0.05, 0.1) is 13.7 Å². The Morgan fingerprint density at radius 1 is 1.53 bits per heavy atom. The van der Waals surface area contributed by atoms with Gasteiger partial charge in [0.1, 0.15) is 5.82 Å². The highest BCUT2D eigenvalue weighted by atomic mass is 16.5. The molecule has 2 rings (SSSR count). The van der Waals surface area contributed by atoms with E-state index in [0.29, 0.717) is 18.2 Å². The lowest BCUT2D eigenvalue weighted by molar-refractivity contribution is -0.119. The average Bonchev–Trinajstić information content (AvgIpc) is 2.53. The molecule has 1 aliphatic rings. The van der Waals surface area contributed by atoms with Gasteiger partial charge in [0.2, 0.25) is 17.7 Å². The Morgan fingerprint density at radius 3 is 3.12 bits per heavy atom. The van der Waals surface area contributed by atoms with Crippen molar-refractivity contribution < 1.29 is 9.53 Å². The monoisotopic (exact) mass is 237 g/mol. The van der Waals surface area contributed by atoms with E-state index < -0.39 is 0 Å². The van der Waals surface area contributed by atoms with Gasteiger partial charge in [-0.3, -0.25) is 4.79 Å². The largest absolute Gasteiger partial charge is 0.481 e. The van der Waals surface area contributed by atoms with Crippen molar-refractivity contribution in [3.8, 4) is 5.88 Å². The molecule has 0 spiro atoms. The second-order valence-corrected chi connectivity index (χ2v) is 3.75. The van der Waals surface area contributed by atoms with Gasteiger partial charge in [0.15, 0.2) is 0 Å². The van der Waals surface area contributed by atoms with Gasteiger partial charge in [-0.1, -0.05) is 0 Å². The van der Waals surface area contributed by atoms with Crippen LogP contribution in [0.2, 0.25) is 0 Å². The number of carbonyl (C=O) groups excluding carboxylic acids is 1. The fraction of sp³-hybridized carbons (Fsp3) is 0.500. The summed E-state index contributed by atoms with van der Waals surface area (Å²) < 4.78 is 5.03. The lowest BCUT2D eigenvalue weighted by Gasteiger charge is -2.20. The number of nitrogens with one attached hydrogen (secondary N) is 1. The Hall–Kier alpha value is -2.05. The van der Waals surface area contributed by atoms with Gasteiger partial charge >= 0.3 is 0 Å². The van der Waals surface area contributed by atoms with Crippen molar-refractivity contribution in [3.63, 3.8) is 0 Å². The van der Waals surface area contributed by atoms with Crippen LogP contribution < -0.4 is 20.7 Å². The van der Waals surface area contributed by atoms with Gasteiger partial charge in [0, 0.05) is 19.2 Å². The number of ether oxygens (including phenoxy) is 1. The van der Waals surface area contributed by atoms with Crippen molar-refractivity contribution in [1.29, 1.82) is 0 Å². The zero-order valence-corrected chi connectivity index (χ0v) is 9.64. The molecule has 1 fully saturated rings. The molecule has 92 valence electrons. The molecule has 0 radical (unpaired) electrons. The number of nitrogens with two attached hydrogens (primary N) is 1. The van der Waals surface area contributed by atoms with Crippen LogP contribution in [0.4, 0.5) is 11.8 Å². The maximum absolute atomic E-state index is 11.4. The van der Waals surface area contributed by atoms with Crippen molar-refractivity contribution in [1.82, 2.24) is 15.3 Å². The Morgan fingerprint density at radius 2 is 2.35 bits per heavy atom. The molecule has 0 aliphatic carbocycles. The van der Waals surface area contributed by atoms with E-state index in [0.717, 1.165) is 13.0 Å². The number of nitrogen functional groups attached to an aromatic ring is 1. The second kappa shape index (κ2) is 4.86. The normalized spacial score (nSPS) is 16.3. The van der Waals surface area contributed by atoms with Crippen molar-refractivity contribution in [2.45, 2.75) is 6.42 Å². The molecule has 0 atom stereocenters. The van der Waals surface area contributed by atoms with Crippen molar-refractivity contribution in [2.24, 2.45) is 0 Å². The highest BCUT2D eigenvalue weighted by Gasteiger charge is 2.17. The zero-order chi connectivity index (χ0) is 12.3. The molecule has 0 unspecified atom stereocenters. The number of aromatic nitrogens is 2. The second-order valence-electron chi connectivity index (χ2n) is 3.75. The summed E-state index contributed by atoms with van der Waals surface area (Å²) in [5.41, 5.74) is 5.59. The van der Waals surface area contributed by atoms with Crippen LogP contribution in [0.3, 0.4) is 0 Å². The lowest BCUT2D eigenvalue weighted by Crippen LogP contribution is -2.33. The van der Waals surface area contributed by atoms with Gasteiger partial charge < -0.3 is 20.7 Å². The molecule has 1 saturated heterocycles. The Bertz CT molecular complexity index is 423. The van der Waals surface area contributed by atoms with Crippen LogP contribution in [-0.2, 0) is 4.79 Å². The van der Waals surface area contributed by atoms with E-state index in [-0.39, 0.29) is 18.4 Å². The topological polar surface area (TPSA) is 93.4 Å². The summed E-state index contributed by atoms with van der Waals surface area (Å²) in [4.78, 5) is 21.3. The highest BCUT2D eigenvalue weighted by Crippen LogP contribution is 2.18. The quantitative estimate of drug-likeness (QED) is 0.713. The summed E-state index contributed by atoms with van der Waals surface area (Å²) in [5.74, 6) is 1.14. The number of rotatable bonds is 2. The number of nitrogens with zero attached hydrogens (tertiary/aromatic N) is 3. The molecule has 1 aromatic rings. The maximum Gasteiger partial charge on any atom is 0.239 e. The van der Waals surface area contributed by atoms with Crippen LogP contribution in [0.25, 0.3) is 0 Å². The third kappa shape index (κ3) is 2.74. The lowest BCUT2D eigenvalue weighted by atomic mass is 10.4. The predicted molar refractivity (Wildman–Crippen MR) is 62.8 cm³/mol. The van der Waals surface area contributed by atoms with Crippen LogP contribution in [-0.4, -0.2) is 42.6 Å². The Kier molecular flexibility index (Phi) is 3.27. The smallest absolute Gasteiger partial charge is 0.239 e. The van der Waals surface area contributed by atoms with Gasteiger partial charge in [-0.25, -0.2) is 0 Å². The Labute approximate surface area is 99.0 Å². The van der Waals surface area contributed by atoms with E-state index in [1.807, 2.05) is 4.90 Å². The number of carbonyl (C=O) groups is 1. The standard InChI is InChI=1S/C10H15N5O2/c1-17-9-5-7(13-10(11)14-9)15-4-2-3-12-8(16)6-15/h5H,2-4,6H2,1H3,(H,12,16)(H2,11,13,14). The molecule has 2 heterocycles. The summed E-state index contributed by atoms with van der Waals surface area (Å²) in [6.07, 6.45) is 0.873. The van der Waals surface area contributed by atoms with Gasteiger partial charge in [-0.15, -0.1) is 0 Å². The average molecular weight is 237 g/mol. The summed E-state index contributed by atoms with van der Waals surface area (Å²) in [7, 11) is 1.51. The molecule has 0 saturated carbocycles. The minimum atomic E-state index is -0.0151. The molecular weight excluding hydrogens is 222 g/mol. The molecule has 7 nitrogen and oxygen atoms in total. The van der Waals surface area contributed by atoms with E-state index in [2.05, 4.69) is 15.3 Å². The van der Waals surface area contributed by atoms with Crippen molar-refractivity contribution in [2.75, 3.05) is 37.4 Å². The van der Waals surface area contributed by atoms with Gasteiger partial charge in [-0.2, -0.15) is 9.97 Å². The van der Waals surface area contributed by atoms with E-state index in [1.54, 1.807) is 6.07 Å². The van der Waals surface area contributed by atoms with Crippen LogP contribution in [0.1, 0.15) is 6.42 Å². The first-order valence-corrected chi connectivity index (χ1v) is 5.39. The zero-order valence-electron chi connectivity index (χ0n) is 9.64. The third-order valence-corrected chi connectivity index (χ3v) is 2.50. The van der Waals surface area contributed by atoms with Crippen LogP contribution in [0, 0.1) is 0 Å². The van der Waals surface area contributed by atoms with Gasteiger partial charge in [-0.05, 0) is 6.42 Å². The van der Waals surface area contributed by atoms with E-state index >= 15 is 0 Å². The van der Waals surface area contributed by atoms with Crippen molar-refractivity contribution >= 4 is 17.7 Å². The molecule has 1 amide bonds. The number of methoxy groups -OCH3 is 1. The SMILES string of the molecule is COc1cc(N2CCCNC(=O)C2)nc(N)n1. The van der Waals surface area contributed by atoms with Crippen molar-refractivity contribution in [3.05, 3.63) is 6.07 Å². The summed E-state index contributed by atoms with van der Waals surface area (Å²) in [6, 6.07) is 1.68. The minimum absolute atomic E-state index is 0.0151. The predicted octanol–water partition coefficient (Wildman–Crippen LogP) is -0.606. The molecular formula is C10H15N5O2. The third-order valence-electron chi connectivity index (χ3n) is 2.50. The summed E-state index contributed by atoms with van der Waals surface area (Å²) in [6.45, 7) is 1.71. The number of hydrogen-bond acceptors (Lipinski definition) is 6. The summed E-state index contributed by atoms with van der Waals surface area (Å²) in [5, 5.41) is 2.80. The first-order chi connectivity index (χ1) is 8.19. The van der Waals surface area contributed by atoms with E-state index in [4.69, 9.17) is 10.5 Å². The van der Waals surface area contributed by atoms with E-state index in [9.17, 15) is 4.79 Å². The summed E-state index contributed by atoms with van der Waals surface area (Å²) >= 11 is 0. The molecule has 0 aromatic carbocycles. The number of hydrogen-bond donors (Lipinski definition) is 2. The minimum Gasteiger partial charge on any atom is -0.481 e. The first-order valence-electron chi connectivity index (χ1n) is 5.39. The number of amides is 1. The molecule has 1 aliphatic heterocycles. The van der Waals surface area contributed by atoms with Crippen LogP contribution in [0.15, 0.2) is 6.07 Å². The van der Waals surface area contributed by atoms with Gasteiger partial charge in [0.25, 0.3) is 0 Å². The fourth-order valence-corrected chi connectivity index (χ4v) is 1.70. The fourth-order valence-electron chi connectivity index (χ4n) is 1.70. The molecule has 17 heavy (non-hydrogen) atoms. The Balaban J connectivity index is 2.25. The van der Waals surface area contributed by atoms with E-state index in [1.165, 1.54) is 7.11 Å². The number of anilines is 2. The molecule has 1 aromatic heterocycles. The molecule has 0 bridgehead atoms. The van der Waals surface area contributed by atoms with Crippen LogP contribution in [0.5, 0.6) is 5.88 Å². The molecule has 7 heteroatoms. The highest BCUT2D eigenvalue weighted by molar-refractivity contribution is 5.81. The maximum atomic E-state index is 11.4. The van der Waals surface area contributed by atoms with Crippen LogP contribution >= 0.6 is 0 Å². The molecule has 3 N–H and O–H groups in total.